The molecule has 0 aliphatic carbocycles. The summed E-state index contributed by atoms with van der Waals surface area (Å²) in [6, 6.07) is 2.01. The van der Waals surface area contributed by atoms with Crippen LogP contribution < -0.4 is 5.73 Å². The van der Waals surface area contributed by atoms with E-state index in [0.29, 0.717) is 6.54 Å². The number of hydrogen-bond donors (Lipinski definition) is 1. The smallest absolute Gasteiger partial charge is 0.180 e. The highest BCUT2D eigenvalue weighted by molar-refractivity contribution is 5.41. The number of hydrogen-bond acceptors (Lipinski definition) is 4. The van der Waals surface area contributed by atoms with Gasteiger partial charge in [-0.05, 0) is 39.3 Å². The molecule has 0 amide bonds. The van der Waals surface area contributed by atoms with Crippen LogP contribution in [0.15, 0.2) is 6.07 Å². The van der Waals surface area contributed by atoms with E-state index in [0.717, 1.165) is 34.0 Å². The molecule has 5 nitrogen and oxygen atoms in total. The fraction of sp³-hybridized carbons (Fsp3) is 0.417. The molecule has 0 spiro atoms. The van der Waals surface area contributed by atoms with Crippen molar-refractivity contribution in [3.63, 3.8) is 0 Å². The molecule has 0 saturated carbocycles. The standard InChI is InChI=1S/C12H17N5/c1-7-5-8(2)17(16-7)12-11(6-13)9(3)10(4)14-15-12/h5H,6,13H2,1-4H3. The molecule has 2 rings (SSSR count). The Morgan fingerprint density at radius 1 is 1.18 bits per heavy atom. The third-order valence-corrected chi connectivity index (χ3v) is 2.97. The minimum atomic E-state index is 0.440. The van der Waals surface area contributed by atoms with Crippen molar-refractivity contribution in [2.45, 2.75) is 34.2 Å². The van der Waals surface area contributed by atoms with Gasteiger partial charge in [-0.25, -0.2) is 4.68 Å². The Morgan fingerprint density at radius 2 is 1.88 bits per heavy atom. The van der Waals surface area contributed by atoms with Gasteiger partial charge in [0.05, 0.1) is 11.4 Å². The summed E-state index contributed by atoms with van der Waals surface area (Å²) in [6.07, 6.45) is 0. The van der Waals surface area contributed by atoms with Crippen molar-refractivity contribution in [2.24, 2.45) is 5.73 Å². The van der Waals surface area contributed by atoms with E-state index in [-0.39, 0.29) is 0 Å². The zero-order chi connectivity index (χ0) is 12.6. The van der Waals surface area contributed by atoms with Crippen molar-refractivity contribution >= 4 is 0 Å². The molecule has 90 valence electrons. The van der Waals surface area contributed by atoms with Gasteiger partial charge < -0.3 is 5.73 Å². The van der Waals surface area contributed by atoms with Gasteiger partial charge in [-0.1, -0.05) is 0 Å². The van der Waals surface area contributed by atoms with Crippen molar-refractivity contribution in [1.29, 1.82) is 0 Å². The Bertz CT molecular complexity index is 556. The molecule has 0 aliphatic rings. The van der Waals surface area contributed by atoms with Gasteiger partial charge in [0.1, 0.15) is 0 Å². The van der Waals surface area contributed by atoms with E-state index in [1.807, 2.05) is 33.8 Å². The predicted molar refractivity (Wildman–Crippen MR) is 66.0 cm³/mol. The Kier molecular flexibility index (Phi) is 2.93. The maximum atomic E-state index is 5.81. The Balaban J connectivity index is 2.67. The lowest BCUT2D eigenvalue weighted by atomic mass is 10.1. The summed E-state index contributed by atoms with van der Waals surface area (Å²) in [6.45, 7) is 8.35. The van der Waals surface area contributed by atoms with Crippen LogP contribution in [0, 0.1) is 27.7 Å². The third-order valence-electron chi connectivity index (χ3n) is 2.97. The van der Waals surface area contributed by atoms with Crippen LogP contribution in [-0.2, 0) is 6.54 Å². The molecule has 17 heavy (non-hydrogen) atoms. The largest absolute Gasteiger partial charge is 0.326 e. The molecular formula is C12H17N5. The molecule has 5 heteroatoms. The van der Waals surface area contributed by atoms with Crippen LogP contribution in [0.4, 0.5) is 0 Å². The monoisotopic (exact) mass is 231 g/mol. The highest BCUT2D eigenvalue weighted by atomic mass is 15.3. The van der Waals surface area contributed by atoms with Crippen molar-refractivity contribution in [3.05, 3.63) is 34.3 Å². The van der Waals surface area contributed by atoms with E-state index in [9.17, 15) is 0 Å². The van der Waals surface area contributed by atoms with Crippen molar-refractivity contribution in [1.82, 2.24) is 20.0 Å². The van der Waals surface area contributed by atoms with Gasteiger partial charge in [-0.3, -0.25) is 0 Å². The van der Waals surface area contributed by atoms with Crippen LogP contribution in [0.1, 0.15) is 28.2 Å². The van der Waals surface area contributed by atoms with Crippen LogP contribution in [0.5, 0.6) is 0 Å². The number of aromatic nitrogens is 4. The van der Waals surface area contributed by atoms with Crippen LogP contribution in [0.3, 0.4) is 0 Å². The van der Waals surface area contributed by atoms with E-state index in [4.69, 9.17) is 5.73 Å². The molecule has 2 heterocycles. The summed E-state index contributed by atoms with van der Waals surface area (Å²) in [5.41, 5.74) is 10.8. The molecule has 0 aromatic carbocycles. The second-order valence-electron chi connectivity index (χ2n) is 4.26. The Labute approximate surface area is 101 Å². The van der Waals surface area contributed by atoms with Gasteiger partial charge in [-0.15, -0.1) is 5.10 Å². The molecule has 2 aromatic heterocycles. The fourth-order valence-electron chi connectivity index (χ4n) is 1.90. The molecule has 0 unspecified atom stereocenters. The van der Waals surface area contributed by atoms with E-state index < -0.39 is 0 Å². The van der Waals surface area contributed by atoms with Gasteiger partial charge in [0, 0.05) is 17.8 Å². The van der Waals surface area contributed by atoms with E-state index >= 15 is 0 Å². The van der Waals surface area contributed by atoms with Crippen LogP contribution >= 0.6 is 0 Å². The van der Waals surface area contributed by atoms with E-state index in [2.05, 4.69) is 15.3 Å². The average Bonchev–Trinajstić information content (AvgIpc) is 2.61. The highest BCUT2D eigenvalue weighted by Gasteiger charge is 2.14. The van der Waals surface area contributed by atoms with Gasteiger partial charge in [0.2, 0.25) is 0 Å². The second kappa shape index (κ2) is 4.25. The van der Waals surface area contributed by atoms with Gasteiger partial charge in [-0.2, -0.15) is 10.2 Å². The quantitative estimate of drug-likeness (QED) is 0.847. The molecular weight excluding hydrogens is 214 g/mol. The lowest BCUT2D eigenvalue weighted by Gasteiger charge is -2.11. The molecule has 2 N–H and O–H groups in total. The highest BCUT2D eigenvalue weighted by Crippen LogP contribution is 2.18. The first kappa shape index (κ1) is 11.7. The zero-order valence-electron chi connectivity index (χ0n) is 10.7. The first-order valence-corrected chi connectivity index (χ1v) is 5.61. The molecule has 0 atom stereocenters. The van der Waals surface area contributed by atoms with Crippen molar-refractivity contribution in [3.8, 4) is 5.82 Å². The minimum Gasteiger partial charge on any atom is -0.326 e. The molecule has 0 radical (unpaired) electrons. The number of aryl methyl sites for hydroxylation is 3. The Morgan fingerprint density at radius 3 is 2.41 bits per heavy atom. The van der Waals surface area contributed by atoms with E-state index in [1.54, 1.807) is 4.68 Å². The fourth-order valence-corrected chi connectivity index (χ4v) is 1.90. The number of rotatable bonds is 2. The topological polar surface area (TPSA) is 69.6 Å². The Hall–Kier alpha value is -1.75. The van der Waals surface area contributed by atoms with Crippen LogP contribution in [0.2, 0.25) is 0 Å². The number of nitrogens with zero attached hydrogens (tertiary/aromatic N) is 4. The maximum Gasteiger partial charge on any atom is 0.180 e. The van der Waals surface area contributed by atoms with Gasteiger partial charge in [0.15, 0.2) is 5.82 Å². The molecule has 0 aliphatic heterocycles. The predicted octanol–water partition coefficient (Wildman–Crippen LogP) is 1.35. The summed E-state index contributed by atoms with van der Waals surface area (Å²) in [4.78, 5) is 0. The maximum absolute atomic E-state index is 5.81. The summed E-state index contributed by atoms with van der Waals surface area (Å²) < 4.78 is 1.80. The normalized spacial score (nSPS) is 10.9. The van der Waals surface area contributed by atoms with Crippen LogP contribution in [-0.4, -0.2) is 20.0 Å². The molecule has 0 fully saturated rings. The first-order chi connectivity index (χ1) is 8.04. The lowest BCUT2D eigenvalue weighted by Crippen LogP contribution is -2.13. The average molecular weight is 231 g/mol. The van der Waals surface area contributed by atoms with Gasteiger partial charge in [0.25, 0.3) is 0 Å². The lowest BCUT2D eigenvalue weighted by molar-refractivity contribution is 0.751. The zero-order valence-corrected chi connectivity index (χ0v) is 10.7. The van der Waals surface area contributed by atoms with Crippen LogP contribution in [0.25, 0.3) is 5.82 Å². The summed E-state index contributed by atoms with van der Waals surface area (Å²) >= 11 is 0. The summed E-state index contributed by atoms with van der Waals surface area (Å²) in [7, 11) is 0. The minimum absolute atomic E-state index is 0.440. The molecule has 0 bridgehead atoms. The first-order valence-electron chi connectivity index (χ1n) is 5.61. The second-order valence-corrected chi connectivity index (χ2v) is 4.26. The summed E-state index contributed by atoms with van der Waals surface area (Å²) in [5.74, 6) is 0.737. The summed E-state index contributed by atoms with van der Waals surface area (Å²) in [5, 5.41) is 12.8. The van der Waals surface area contributed by atoms with Crippen molar-refractivity contribution < 1.29 is 0 Å². The van der Waals surface area contributed by atoms with Gasteiger partial charge >= 0.3 is 0 Å². The number of nitrogens with two attached hydrogens (primary N) is 1. The SMILES string of the molecule is Cc1cc(C)n(-c2nnc(C)c(C)c2CN)n1. The molecule has 0 saturated heterocycles. The molecule has 2 aromatic rings. The third kappa shape index (κ3) is 1.93. The van der Waals surface area contributed by atoms with E-state index in [1.165, 1.54) is 0 Å². The van der Waals surface area contributed by atoms with Crippen molar-refractivity contribution in [2.75, 3.05) is 0 Å².